The van der Waals surface area contributed by atoms with Gasteiger partial charge in [0.25, 0.3) is 0 Å². The molecule has 0 aliphatic heterocycles. The summed E-state index contributed by atoms with van der Waals surface area (Å²) >= 11 is 0. The van der Waals surface area contributed by atoms with Gasteiger partial charge in [-0.25, -0.2) is 4.42 Å². The summed E-state index contributed by atoms with van der Waals surface area (Å²) in [4.78, 5) is 0. The van der Waals surface area contributed by atoms with Crippen molar-refractivity contribution in [3.8, 4) is 5.75 Å². The van der Waals surface area contributed by atoms with E-state index in [4.69, 9.17) is 4.42 Å². The fourth-order valence-electron chi connectivity index (χ4n) is 2.90. The van der Waals surface area contributed by atoms with Crippen LogP contribution < -0.4 is 0 Å². The van der Waals surface area contributed by atoms with Crippen LogP contribution in [0.5, 0.6) is 5.75 Å². The Labute approximate surface area is 123 Å². The molecule has 2 nitrogen and oxygen atoms in total. The molecule has 1 aromatic heterocycles. The standard InChI is InChI=1S/C19H14O2/c20-17-7-3-1-5-13(17)11-15-9-10-16-12-14-6-2-4-8-18(14)21-19(15)16/h1-8,11-12H,9-10H2/p+1/b15-11-. The van der Waals surface area contributed by atoms with Gasteiger partial charge in [0, 0.05) is 11.6 Å². The summed E-state index contributed by atoms with van der Waals surface area (Å²) in [5.74, 6) is 1.26. The molecule has 0 unspecified atom stereocenters. The maximum atomic E-state index is 9.92. The highest BCUT2D eigenvalue weighted by atomic mass is 16.3. The van der Waals surface area contributed by atoms with E-state index in [9.17, 15) is 5.11 Å². The molecule has 4 rings (SSSR count). The Kier molecular flexibility index (Phi) is 2.74. The first-order chi connectivity index (χ1) is 10.3. The van der Waals surface area contributed by atoms with Gasteiger partial charge in [-0.15, -0.1) is 0 Å². The van der Waals surface area contributed by atoms with Gasteiger partial charge in [-0.3, -0.25) is 0 Å². The Bertz CT molecular complexity index is 862. The van der Waals surface area contributed by atoms with E-state index in [1.807, 2.05) is 42.5 Å². The fraction of sp³-hybridized carbons (Fsp3) is 0.105. The predicted octanol–water partition coefficient (Wildman–Crippen LogP) is 4.91. The highest BCUT2D eigenvalue weighted by Gasteiger charge is 2.29. The van der Waals surface area contributed by atoms with E-state index < -0.39 is 0 Å². The van der Waals surface area contributed by atoms with Crippen molar-refractivity contribution in [2.24, 2.45) is 0 Å². The molecule has 0 radical (unpaired) electrons. The number of allylic oxidation sites excluding steroid dienone is 1. The van der Waals surface area contributed by atoms with Crippen molar-refractivity contribution < 1.29 is 9.52 Å². The van der Waals surface area contributed by atoms with Crippen molar-refractivity contribution in [3.63, 3.8) is 0 Å². The van der Waals surface area contributed by atoms with Crippen molar-refractivity contribution in [3.05, 3.63) is 71.5 Å². The number of benzene rings is 2. The van der Waals surface area contributed by atoms with Crippen LogP contribution in [-0.4, -0.2) is 5.11 Å². The van der Waals surface area contributed by atoms with Crippen LogP contribution in [-0.2, 0) is 6.42 Å². The minimum atomic E-state index is 0.305. The van der Waals surface area contributed by atoms with Crippen molar-refractivity contribution >= 4 is 22.6 Å². The summed E-state index contributed by atoms with van der Waals surface area (Å²) in [5.41, 5.74) is 4.14. The highest BCUT2D eigenvalue weighted by molar-refractivity contribution is 5.87. The lowest BCUT2D eigenvalue weighted by Crippen LogP contribution is -1.83. The molecule has 102 valence electrons. The van der Waals surface area contributed by atoms with E-state index in [1.165, 1.54) is 5.56 Å². The second kappa shape index (κ2) is 4.74. The summed E-state index contributed by atoms with van der Waals surface area (Å²) in [6.45, 7) is 0. The van der Waals surface area contributed by atoms with E-state index in [0.29, 0.717) is 5.75 Å². The van der Waals surface area contributed by atoms with Crippen molar-refractivity contribution in [2.75, 3.05) is 0 Å². The summed E-state index contributed by atoms with van der Waals surface area (Å²) in [7, 11) is 0. The van der Waals surface area contributed by atoms with Crippen LogP contribution in [0, 0.1) is 0 Å². The number of phenolic OH excluding ortho intramolecular Hbond substituents is 1. The molecular weight excluding hydrogens is 260 g/mol. The molecule has 0 spiro atoms. The molecule has 0 saturated carbocycles. The molecular formula is C19H15O2+. The molecule has 0 bridgehead atoms. The third kappa shape index (κ3) is 2.09. The molecule has 1 heterocycles. The Morgan fingerprint density at radius 1 is 0.952 bits per heavy atom. The fourth-order valence-corrected chi connectivity index (χ4v) is 2.90. The molecule has 3 aromatic rings. The number of fused-ring (bicyclic) bond motifs is 2. The van der Waals surface area contributed by atoms with Crippen LogP contribution in [0.1, 0.15) is 23.3 Å². The lowest BCUT2D eigenvalue weighted by molar-refractivity contribution is 0.474. The largest absolute Gasteiger partial charge is 0.507 e. The number of rotatable bonds is 1. The molecule has 0 saturated heterocycles. The number of aryl methyl sites for hydroxylation is 1. The normalized spacial score (nSPS) is 15.5. The maximum absolute atomic E-state index is 9.92. The van der Waals surface area contributed by atoms with Gasteiger partial charge in [0.2, 0.25) is 0 Å². The van der Waals surface area contributed by atoms with Crippen LogP contribution in [0.15, 0.2) is 59.0 Å². The molecule has 2 aromatic carbocycles. The summed E-state index contributed by atoms with van der Waals surface area (Å²) in [6, 6.07) is 17.7. The Balaban J connectivity index is 1.86. The minimum absolute atomic E-state index is 0.305. The molecule has 2 heteroatoms. The van der Waals surface area contributed by atoms with Gasteiger partial charge in [-0.2, -0.15) is 0 Å². The van der Waals surface area contributed by atoms with Gasteiger partial charge < -0.3 is 5.11 Å². The minimum Gasteiger partial charge on any atom is -0.507 e. The van der Waals surface area contributed by atoms with Crippen LogP contribution in [0.2, 0.25) is 0 Å². The van der Waals surface area contributed by atoms with E-state index in [2.05, 4.69) is 12.1 Å². The second-order valence-electron chi connectivity index (χ2n) is 5.37. The average molecular weight is 275 g/mol. The lowest BCUT2D eigenvalue weighted by atomic mass is 10.1. The van der Waals surface area contributed by atoms with E-state index in [0.717, 1.165) is 40.7 Å². The van der Waals surface area contributed by atoms with Gasteiger partial charge >= 0.3 is 11.3 Å². The van der Waals surface area contributed by atoms with Gasteiger partial charge in [-0.05, 0) is 37.1 Å². The monoisotopic (exact) mass is 275 g/mol. The molecule has 0 atom stereocenters. The first-order valence-electron chi connectivity index (χ1n) is 7.15. The molecule has 0 fully saturated rings. The molecule has 1 aliphatic rings. The zero-order chi connectivity index (χ0) is 14.2. The number of hydrogen-bond acceptors (Lipinski definition) is 1. The third-order valence-corrected chi connectivity index (χ3v) is 3.97. The molecule has 21 heavy (non-hydrogen) atoms. The van der Waals surface area contributed by atoms with Crippen LogP contribution in [0.25, 0.3) is 22.6 Å². The first-order valence-corrected chi connectivity index (χ1v) is 7.15. The smallest absolute Gasteiger partial charge is 0.360 e. The van der Waals surface area contributed by atoms with Crippen molar-refractivity contribution in [1.29, 1.82) is 0 Å². The van der Waals surface area contributed by atoms with Gasteiger partial charge in [0.05, 0.1) is 16.5 Å². The zero-order valence-corrected chi connectivity index (χ0v) is 11.5. The number of hydrogen-bond donors (Lipinski definition) is 1. The van der Waals surface area contributed by atoms with Crippen LogP contribution >= 0.6 is 0 Å². The van der Waals surface area contributed by atoms with Crippen LogP contribution in [0.4, 0.5) is 0 Å². The molecule has 0 amide bonds. The Morgan fingerprint density at radius 2 is 1.76 bits per heavy atom. The zero-order valence-electron chi connectivity index (χ0n) is 11.5. The number of para-hydroxylation sites is 2. The number of phenols is 1. The SMILES string of the molecule is Oc1ccccc1/C=C1/CCc2cc3ccccc3[o+]c21. The Hall–Kier alpha value is -2.61. The third-order valence-electron chi connectivity index (χ3n) is 3.97. The van der Waals surface area contributed by atoms with Crippen molar-refractivity contribution in [2.45, 2.75) is 12.8 Å². The van der Waals surface area contributed by atoms with E-state index in [-0.39, 0.29) is 0 Å². The van der Waals surface area contributed by atoms with Gasteiger partial charge in [-0.1, -0.05) is 30.3 Å². The summed E-state index contributed by atoms with van der Waals surface area (Å²) < 4.78 is 6.08. The molecule has 1 aliphatic carbocycles. The van der Waals surface area contributed by atoms with Gasteiger partial charge in [0.1, 0.15) is 5.75 Å². The van der Waals surface area contributed by atoms with E-state index >= 15 is 0 Å². The van der Waals surface area contributed by atoms with E-state index in [1.54, 1.807) is 6.07 Å². The predicted molar refractivity (Wildman–Crippen MR) is 84.9 cm³/mol. The maximum Gasteiger partial charge on any atom is 0.360 e. The quantitative estimate of drug-likeness (QED) is 0.640. The second-order valence-corrected chi connectivity index (χ2v) is 5.37. The first kappa shape index (κ1) is 12.2. The van der Waals surface area contributed by atoms with Crippen LogP contribution in [0.3, 0.4) is 0 Å². The average Bonchev–Trinajstić information content (AvgIpc) is 2.89. The summed E-state index contributed by atoms with van der Waals surface area (Å²) in [5, 5.41) is 11.1. The highest BCUT2D eigenvalue weighted by Crippen LogP contribution is 2.37. The topological polar surface area (TPSA) is 31.5 Å². The number of aromatic hydroxyl groups is 1. The van der Waals surface area contributed by atoms with Crippen molar-refractivity contribution in [1.82, 2.24) is 0 Å². The summed E-state index contributed by atoms with van der Waals surface area (Å²) in [6.07, 6.45) is 3.96. The lowest BCUT2D eigenvalue weighted by Gasteiger charge is -1.98. The van der Waals surface area contributed by atoms with Gasteiger partial charge in [0.15, 0.2) is 0 Å². The Morgan fingerprint density at radius 3 is 2.67 bits per heavy atom. The molecule has 1 N–H and O–H groups in total.